The second-order valence-electron chi connectivity index (χ2n) is 7.49. The highest BCUT2D eigenvalue weighted by atomic mass is 16.6. The molecular weight excluding hydrogens is 330 g/mol. The van der Waals surface area contributed by atoms with Gasteiger partial charge in [0.05, 0.1) is 6.04 Å². The van der Waals surface area contributed by atoms with Crippen molar-refractivity contribution in [2.75, 3.05) is 13.2 Å². The van der Waals surface area contributed by atoms with Gasteiger partial charge in [0, 0.05) is 17.5 Å². The predicted molar refractivity (Wildman–Crippen MR) is 98.1 cm³/mol. The summed E-state index contributed by atoms with van der Waals surface area (Å²) in [5.74, 6) is 2.01. The zero-order valence-corrected chi connectivity index (χ0v) is 15.3. The van der Waals surface area contributed by atoms with Gasteiger partial charge in [0.1, 0.15) is 24.6 Å². The minimum absolute atomic E-state index is 0.102. The van der Waals surface area contributed by atoms with Crippen molar-refractivity contribution >= 4 is 5.91 Å². The summed E-state index contributed by atoms with van der Waals surface area (Å²) in [6, 6.07) is 11.3. The summed E-state index contributed by atoms with van der Waals surface area (Å²) in [5, 5.41) is 3.16. The fraction of sp³-hybridized carbons (Fsp3) is 0.381. The van der Waals surface area contributed by atoms with Crippen LogP contribution in [0.1, 0.15) is 47.8 Å². The maximum Gasteiger partial charge on any atom is 0.251 e. The lowest BCUT2D eigenvalue weighted by Gasteiger charge is -2.38. The van der Waals surface area contributed by atoms with E-state index in [1.807, 2.05) is 39.0 Å². The Morgan fingerprint density at radius 3 is 2.62 bits per heavy atom. The van der Waals surface area contributed by atoms with E-state index in [4.69, 9.17) is 14.2 Å². The van der Waals surface area contributed by atoms with E-state index in [0.717, 1.165) is 16.9 Å². The highest BCUT2D eigenvalue weighted by Gasteiger charge is 2.34. The minimum atomic E-state index is -0.342. The minimum Gasteiger partial charge on any atom is -0.487 e. The highest BCUT2D eigenvalue weighted by Crippen LogP contribution is 2.40. The summed E-state index contributed by atoms with van der Waals surface area (Å²) < 4.78 is 17.2. The van der Waals surface area contributed by atoms with Gasteiger partial charge in [-0.3, -0.25) is 4.79 Å². The topological polar surface area (TPSA) is 56.8 Å². The van der Waals surface area contributed by atoms with Crippen LogP contribution in [0.2, 0.25) is 0 Å². The number of nitrogens with one attached hydrogen (secondary N) is 1. The van der Waals surface area contributed by atoms with Gasteiger partial charge in [-0.25, -0.2) is 0 Å². The summed E-state index contributed by atoms with van der Waals surface area (Å²) in [7, 11) is 0. The van der Waals surface area contributed by atoms with Gasteiger partial charge in [-0.05, 0) is 50.6 Å². The largest absolute Gasteiger partial charge is 0.487 e. The molecule has 1 N–H and O–H groups in total. The molecule has 2 aliphatic heterocycles. The summed E-state index contributed by atoms with van der Waals surface area (Å²) in [4.78, 5) is 12.8. The lowest BCUT2D eigenvalue weighted by atomic mass is 9.89. The normalized spacial score (nSPS) is 19.9. The van der Waals surface area contributed by atoms with Gasteiger partial charge in [0.2, 0.25) is 0 Å². The van der Waals surface area contributed by atoms with Crippen LogP contribution in [-0.2, 0) is 0 Å². The first-order valence-corrected chi connectivity index (χ1v) is 8.91. The van der Waals surface area contributed by atoms with Crippen molar-refractivity contribution in [2.45, 2.75) is 38.8 Å². The van der Waals surface area contributed by atoms with Crippen LogP contribution in [0.25, 0.3) is 0 Å². The smallest absolute Gasteiger partial charge is 0.251 e. The number of ether oxygens (including phenoxy) is 3. The average molecular weight is 353 g/mol. The zero-order valence-electron chi connectivity index (χ0n) is 15.3. The second kappa shape index (κ2) is 6.24. The summed E-state index contributed by atoms with van der Waals surface area (Å²) in [6.45, 7) is 7.15. The number of benzene rings is 2. The molecule has 2 aromatic carbocycles. The molecular formula is C21H23NO4. The Kier molecular flexibility index (Phi) is 4.02. The maximum absolute atomic E-state index is 12.8. The van der Waals surface area contributed by atoms with E-state index in [9.17, 15) is 4.79 Å². The third-order valence-electron chi connectivity index (χ3n) is 4.74. The molecule has 0 radical (unpaired) electrons. The Bertz CT molecular complexity index is 859. The number of hydrogen-bond acceptors (Lipinski definition) is 4. The fourth-order valence-electron chi connectivity index (χ4n) is 3.51. The lowest BCUT2D eigenvalue weighted by Crippen LogP contribution is -2.41. The molecule has 26 heavy (non-hydrogen) atoms. The molecule has 0 fully saturated rings. The highest BCUT2D eigenvalue weighted by molar-refractivity contribution is 5.95. The molecule has 0 saturated carbocycles. The molecule has 2 heterocycles. The molecule has 1 unspecified atom stereocenters. The quantitative estimate of drug-likeness (QED) is 0.892. The van der Waals surface area contributed by atoms with Crippen LogP contribution in [0.5, 0.6) is 17.2 Å². The van der Waals surface area contributed by atoms with Crippen molar-refractivity contribution in [1.82, 2.24) is 5.32 Å². The van der Waals surface area contributed by atoms with E-state index < -0.39 is 0 Å². The molecule has 0 spiro atoms. The van der Waals surface area contributed by atoms with Crippen LogP contribution in [0.4, 0.5) is 0 Å². The van der Waals surface area contributed by atoms with Crippen molar-refractivity contribution in [2.24, 2.45) is 0 Å². The van der Waals surface area contributed by atoms with Gasteiger partial charge in [-0.2, -0.15) is 0 Å². The van der Waals surface area contributed by atoms with Gasteiger partial charge in [0.15, 0.2) is 11.5 Å². The lowest BCUT2D eigenvalue weighted by molar-refractivity contribution is 0.0619. The fourth-order valence-corrected chi connectivity index (χ4v) is 3.51. The number of carbonyl (C=O) groups is 1. The monoisotopic (exact) mass is 353 g/mol. The number of amides is 1. The number of hydrogen-bond donors (Lipinski definition) is 1. The first-order valence-electron chi connectivity index (χ1n) is 8.91. The third-order valence-corrected chi connectivity index (χ3v) is 4.74. The summed E-state index contributed by atoms with van der Waals surface area (Å²) in [6.07, 6.45) is 0.708. The van der Waals surface area contributed by atoms with Gasteiger partial charge in [-0.15, -0.1) is 0 Å². The molecule has 1 atom stereocenters. The number of fused-ring (bicyclic) bond motifs is 2. The molecule has 2 aliphatic rings. The summed E-state index contributed by atoms with van der Waals surface area (Å²) >= 11 is 0. The standard InChI is InChI=1S/C21H23NO4/c1-13-4-6-15-16(12-21(2,3)26-18(15)10-13)22-20(23)14-5-7-17-19(11-14)25-9-8-24-17/h4-7,10-11,16H,8-9,12H2,1-3H3,(H,22,23). The van der Waals surface area contributed by atoms with Crippen molar-refractivity contribution in [3.63, 3.8) is 0 Å². The third kappa shape index (κ3) is 3.21. The van der Waals surface area contributed by atoms with E-state index in [2.05, 4.69) is 5.32 Å². The van der Waals surface area contributed by atoms with Crippen LogP contribution in [0.15, 0.2) is 36.4 Å². The number of aryl methyl sites for hydroxylation is 1. The second-order valence-corrected chi connectivity index (χ2v) is 7.49. The first kappa shape index (κ1) is 16.8. The van der Waals surface area contributed by atoms with Crippen LogP contribution in [-0.4, -0.2) is 24.7 Å². The van der Waals surface area contributed by atoms with E-state index in [1.165, 1.54) is 0 Å². The van der Waals surface area contributed by atoms with Gasteiger partial charge in [0.25, 0.3) is 5.91 Å². The average Bonchev–Trinajstić information content (AvgIpc) is 2.59. The molecule has 136 valence electrons. The number of rotatable bonds is 2. The SMILES string of the molecule is Cc1ccc2c(c1)OC(C)(C)CC2NC(=O)c1ccc2c(c1)OCCO2. The molecule has 1 amide bonds. The molecule has 0 aromatic heterocycles. The van der Waals surface area contributed by atoms with Crippen LogP contribution in [0, 0.1) is 6.92 Å². The van der Waals surface area contributed by atoms with E-state index in [1.54, 1.807) is 18.2 Å². The van der Waals surface area contributed by atoms with E-state index >= 15 is 0 Å². The van der Waals surface area contributed by atoms with Gasteiger partial charge >= 0.3 is 0 Å². The molecule has 0 aliphatic carbocycles. The van der Waals surface area contributed by atoms with Crippen LogP contribution < -0.4 is 19.5 Å². The Morgan fingerprint density at radius 2 is 1.81 bits per heavy atom. The van der Waals surface area contributed by atoms with Gasteiger partial charge in [-0.1, -0.05) is 12.1 Å². The molecule has 2 aromatic rings. The van der Waals surface area contributed by atoms with Crippen molar-refractivity contribution in [3.8, 4) is 17.2 Å². The van der Waals surface area contributed by atoms with E-state index in [0.29, 0.717) is 36.7 Å². The van der Waals surface area contributed by atoms with Crippen LogP contribution >= 0.6 is 0 Å². The zero-order chi connectivity index (χ0) is 18.3. The van der Waals surface area contributed by atoms with Gasteiger partial charge < -0.3 is 19.5 Å². The number of carbonyl (C=O) groups excluding carboxylic acids is 1. The van der Waals surface area contributed by atoms with Crippen molar-refractivity contribution in [3.05, 3.63) is 53.1 Å². The van der Waals surface area contributed by atoms with Crippen LogP contribution in [0.3, 0.4) is 0 Å². The Morgan fingerprint density at radius 1 is 1.04 bits per heavy atom. The van der Waals surface area contributed by atoms with Crippen molar-refractivity contribution < 1.29 is 19.0 Å². The van der Waals surface area contributed by atoms with Crippen molar-refractivity contribution in [1.29, 1.82) is 0 Å². The molecule has 0 saturated heterocycles. The molecule has 5 nitrogen and oxygen atoms in total. The Labute approximate surface area is 153 Å². The Balaban J connectivity index is 1.59. The predicted octanol–water partition coefficient (Wildman–Crippen LogP) is 3.80. The first-order chi connectivity index (χ1) is 12.4. The molecule has 5 heteroatoms. The summed E-state index contributed by atoms with van der Waals surface area (Å²) in [5.41, 5.74) is 2.37. The maximum atomic E-state index is 12.8. The van der Waals surface area contributed by atoms with E-state index in [-0.39, 0.29) is 17.6 Å². The Hall–Kier alpha value is -2.69. The molecule has 0 bridgehead atoms. The molecule has 4 rings (SSSR count).